The summed E-state index contributed by atoms with van der Waals surface area (Å²) in [4.78, 5) is 13.5. The molecule has 3 nitrogen and oxygen atoms in total. The Hall–Kier alpha value is -1.51. The van der Waals surface area contributed by atoms with Crippen molar-refractivity contribution >= 4 is 11.7 Å². The van der Waals surface area contributed by atoms with Gasteiger partial charge >= 0.3 is 5.97 Å². The van der Waals surface area contributed by atoms with E-state index in [1.54, 1.807) is 0 Å². The summed E-state index contributed by atoms with van der Waals surface area (Å²) in [6, 6.07) is 8.56. The van der Waals surface area contributed by atoms with E-state index < -0.39 is 5.97 Å². The van der Waals surface area contributed by atoms with E-state index in [0.717, 1.165) is 13.1 Å². The molecule has 0 amide bonds. The fraction of sp³-hybridized carbons (Fsp3) is 0.562. The Morgan fingerprint density at radius 1 is 1.32 bits per heavy atom. The van der Waals surface area contributed by atoms with Gasteiger partial charge in [0.05, 0.1) is 6.42 Å². The lowest BCUT2D eigenvalue weighted by molar-refractivity contribution is -0.137. The van der Waals surface area contributed by atoms with Crippen LogP contribution in [0.4, 0.5) is 5.69 Å². The van der Waals surface area contributed by atoms with Crippen molar-refractivity contribution in [2.24, 2.45) is 5.92 Å². The van der Waals surface area contributed by atoms with E-state index >= 15 is 0 Å². The standard InChI is InChI=1S/C16H21NO2/c18-16(19)11-15(12-6-7-12)13-4-3-5-14(10-13)17-8-1-2-9-17/h3-5,10,12,15H,1-2,6-9,11H2,(H,18,19). The van der Waals surface area contributed by atoms with Gasteiger partial charge in [-0.05, 0) is 55.2 Å². The van der Waals surface area contributed by atoms with Gasteiger partial charge in [0.1, 0.15) is 0 Å². The average Bonchev–Trinajstić information content (AvgIpc) is 3.09. The van der Waals surface area contributed by atoms with Crippen LogP contribution in [0.1, 0.15) is 43.6 Å². The van der Waals surface area contributed by atoms with Crippen molar-refractivity contribution in [2.45, 2.75) is 38.0 Å². The van der Waals surface area contributed by atoms with Crippen molar-refractivity contribution in [1.82, 2.24) is 0 Å². The summed E-state index contributed by atoms with van der Waals surface area (Å²) in [6.45, 7) is 2.27. The van der Waals surface area contributed by atoms with Crippen LogP contribution >= 0.6 is 0 Å². The minimum Gasteiger partial charge on any atom is -0.481 e. The molecule has 2 fully saturated rings. The van der Waals surface area contributed by atoms with Gasteiger partial charge in [0.25, 0.3) is 0 Å². The zero-order valence-electron chi connectivity index (χ0n) is 11.2. The van der Waals surface area contributed by atoms with Gasteiger partial charge < -0.3 is 10.0 Å². The van der Waals surface area contributed by atoms with Gasteiger partial charge in [-0.3, -0.25) is 4.79 Å². The van der Waals surface area contributed by atoms with E-state index in [1.807, 2.05) is 0 Å². The Bertz CT molecular complexity index is 462. The smallest absolute Gasteiger partial charge is 0.303 e. The first-order chi connectivity index (χ1) is 9.24. The third-order valence-electron chi connectivity index (χ3n) is 4.36. The number of benzene rings is 1. The third kappa shape index (κ3) is 2.91. The molecule has 1 aromatic carbocycles. The second kappa shape index (κ2) is 5.24. The minimum atomic E-state index is -0.677. The average molecular weight is 259 g/mol. The van der Waals surface area contributed by atoms with E-state index in [4.69, 9.17) is 5.11 Å². The Labute approximate surface area is 114 Å². The fourth-order valence-electron chi connectivity index (χ4n) is 3.17. The molecule has 2 aliphatic rings. The molecule has 1 atom stereocenters. The second-order valence-electron chi connectivity index (χ2n) is 5.83. The lowest BCUT2D eigenvalue weighted by Gasteiger charge is -2.21. The van der Waals surface area contributed by atoms with Crippen LogP contribution < -0.4 is 4.90 Å². The van der Waals surface area contributed by atoms with Crippen molar-refractivity contribution < 1.29 is 9.90 Å². The predicted molar refractivity (Wildman–Crippen MR) is 75.6 cm³/mol. The van der Waals surface area contributed by atoms with Crippen LogP contribution in [0.5, 0.6) is 0 Å². The van der Waals surface area contributed by atoms with Gasteiger partial charge in [-0.15, -0.1) is 0 Å². The summed E-state index contributed by atoms with van der Waals surface area (Å²) in [6.07, 6.45) is 5.18. The highest BCUT2D eigenvalue weighted by Gasteiger charge is 2.33. The molecular formula is C16H21NO2. The molecular weight excluding hydrogens is 238 g/mol. The van der Waals surface area contributed by atoms with Crippen molar-refractivity contribution in [3.63, 3.8) is 0 Å². The number of anilines is 1. The van der Waals surface area contributed by atoms with Crippen molar-refractivity contribution in [1.29, 1.82) is 0 Å². The molecule has 1 aliphatic heterocycles. The maximum Gasteiger partial charge on any atom is 0.303 e. The lowest BCUT2D eigenvalue weighted by Crippen LogP contribution is -2.18. The van der Waals surface area contributed by atoms with Gasteiger partial charge in [-0.25, -0.2) is 0 Å². The highest BCUT2D eigenvalue weighted by atomic mass is 16.4. The quantitative estimate of drug-likeness (QED) is 0.882. The number of carboxylic acid groups (broad SMARTS) is 1. The maximum atomic E-state index is 11.0. The largest absolute Gasteiger partial charge is 0.481 e. The van der Waals surface area contributed by atoms with Gasteiger partial charge in [-0.2, -0.15) is 0 Å². The van der Waals surface area contributed by atoms with Crippen LogP contribution in [0.2, 0.25) is 0 Å². The molecule has 1 aliphatic carbocycles. The van der Waals surface area contributed by atoms with Crippen LogP contribution in [0, 0.1) is 5.92 Å². The number of rotatable bonds is 5. The van der Waals surface area contributed by atoms with E-state index in [1.165, 1.54) is 36.9 Å². The van der Waals surface area contributed by atoms with Crippen LogP contribution in [-0.2, 0) is 4.79 Å². The normalized spacial score (nSPS) is 20.5. The van der Waals surface area contributed by atoms with Crippen LogP contribution in [0.15, 0.2) is 24.3 Å². The molecule has 1 aromatic rings. The SMILES string of the molecule is O=C(O)CC(c1cccc(N2CCCC2)c1)C1CC1. The fourth-order valence-corrected chi connectivity index (χ4v) is 3.17. The first-order valence-corrected chi connectivity index (χ1v) is 7.31. The molecule has 0 spiro atoms. The number of carboxylic acids is 1. The number of hydrogen-bond acceptors (Lipinski definition) is 2. The number of nitrogens with zero attached hydrogens (tertiary/aromatic N) is 1. The maximum absolute atomic E-state index is 11.0. The zero-order chi connectivity index (χ0) is 13.2. The molecule has 0 bridgehead atoms. The summed E-state index contributed by atoms with van der Waals surface area (Å²) in [5.74, 6) is 0.119. The van der Waals surface area contributed by atoms with Crippen molar-refractivity contribution in [3.8, 4) is 0 Å². The van der Waals surface area contributed by atoms with Crippen LogP contribution in [0.25, 0.3) is 0 Å². The van der Waals surface area contributed by atoms with E-state index in [9.17, 15) is 4.79 Å². The Morgan fingerprint density at radius 3 is 2.68 bits per heavy atom. The monoisotopic (exact) mass is 259 g/mol. The van der Waals surface area contributed by atoms with Gasteiger partial charge in [-0.1, -0.05) is 12.1 Å². The topological polar surface area (TPSA) is 40.5 Å². The Kier molecular flexibility index (Phi) is 3.45. The second-order valence-corrected chi connectivity index (χ2v) is 5.83. The van der Waals surface area contributed by atoms with E-state index in [0.29, 0.717) is 5.92 Å². The molecule has 3 rings (SSSR count). The molecule has 19 heavy (non-hydrogen) atoms. The van der Waals surface area contributed by atoms with Crippen LogP contribution in [0.3, 0.4) is 0 Å². The molecule has 102 valence electrons. The Morgan fingerprint density at radius 2 is 2.05 bits per heavy atom. The molecule has 1 saturated heterocycles. The highest BCUT2D eigenvalue weighted by molar-refractivity contribution is 5.68. The van der Waals surface area contributed by atoms with E-state index in [2.05, 4.69) is 29.2 Å². The van der Waals surface area contributed by atoms with Crippen molar-refractivity contribution in [2.75, 3.05) is 18.0 Å². The zero-order valence-corrected chi connectivity index (χ0v) is 11.2. The van der Waals surface area contributed by atoms with E-state index in [-0.39, 0.29) is 12.3 Å². The van der Waals surface area contributed by atoms with Crippen molar-refractivity contribution in [3.05, 3.63) is 29.8 Å². The molecule has 1 unspecified atom stereocenters. The minimum absolute atomic E-state index is 0.208. The highest BCUT2D eigenvalue weighted by Crippen LogP contribution is 2.45. The molecule has 3 heteroatoms. The van der Waals surface area contributed by atoms with Gasteiger partial charge in [0.15, 0.2) is 0 Å². The number of carbonyl (C=O) groups is 1. The van der Waals surface area contributed by atoms with Gasteiger partial charge in [0, 0.05) is 18.8 Å². The molecule has 0 radical (unpaired) electrons. The van der Waals surface area contributed by atoms with Gasteiger partial charge in [0.2, 0.25) is 0 Å². The lowest BCUT2D eigenvalue weighted by atomic mass is 9.90. The molecule has 0 aromatic heterocycles. The summed E-state index contributed by atoms with van der Waals surface area (Å²) in [5.41, 5.74) is 2.49. The predicted octanol–water partition coefficient (Wildman–Crippen LogP) is 3.26. The number of hydrogen-bond donors (Lipinski definition) is 1. The Balaban J connectivity index is 1.81. The summed E-state index contributed by atoms with van der Waals surface area (Å²) in [7, 11) is 0. The molecule has 1 N–H and O–H groups in total. The first kappa shape index (κ1) is 12.5. The third-order valence-corrected chi connectivity index (χ3v) is 4.36. The molecule has 1 heterocycles. The first-order valence-electron chi connectivity index (χ1n) is 7.31. The summed E-state index contributed by atoms with van der Waals surface area (Å²) < 4.78 is 0. The summed E-state index contributed by atoms with van der Waals surface area (Å²) in [5, 5.41) is 9.09. The number of aliphatic carboxylic acids is 1. The van der Waals surface area contributed by atoms with Crippen LogP contribution in [-0.4, -0.2) is 24.2 Å². The summed E-state index contributed by atoms with van der Waals surface area (Å²) >= 11 is 0. The molecule has 1 saturated carbocycles.